The Labute approximate surface area is 162 Å². The lowest BCUT2D eigenvalue weighted by atomic mass is 9.99. The van der Waals surface area contributed by atoms with Crippen molar-refractivity contribution < 1.29 is 19.5 Å². The number of quaternary nitrogens is 1. The number of likely N-dealkylation sites (tertiary alicyclic amines) is 1. The normalized spacial score (nSPS) is 20.1. The Morgan fingerprint density at radius 1 is 1.33 bits per heavy atom. The fourth-order valence-corrected chi connectivity index (χ4v) is 4.61. The lowest BCUT2D eigenvalue weighted by Gasteiger charge is -2.24. The molecule has 2 N–H and O–H groups in total. The van der Waals surface area contributed by atoms with Crippen LogP contribution in [-0.4, -0.2) is 48.5 Å². The van der Waals surface area contributed by atoms with Crippen LogP contribution >= 0.6 is 11.3 Å². The summed E-state index contributed by atoms with van der Waals surface area (Å²) in [5.41, 5.74) is 1.57. The fourth-order valence-electron chi connectivity index (χ4n) is 3.89. The standard InChI is InChI=1S/C20H23N3O3S/c1-26-17-7-4-6-14(20(17)25)16-12-15(18-8-5-11-27-18)21-23(16)19(24)13-22-9-2-3-10-22/h4-8,11,16,25H,2-3,9-10,12-13H2,1H3/p+1/t16-/m1/s1. The van der Waals surface area contributed by atoms with Gasteiger partial charge in [-0.25, -0.2) is 5.01 Å². The van der Waals surface area contributed by atoms with Gasteiger partial charge in [0.2, 0.25) is 0 Å². The third-order valence-electron chi connectivity index (χ3n) is 5.29. The zero-order valence-corrected chi connectivity index (χ0v) is 16.2. The Kier molecular flexibility index (Phi) is 5.13. The number of phenols is 1. The van der Waals surface area contributed by atoms with Gasteiger partial charge in [0.1, 0.15) is 0 Å². The Bertz CT molecular complexity index is 844. The predicted octanol–water partition coefficient (Wildman–Crippen LogP) is 1.82. The Morgan fingerprint density at radius 3 is 2.85 bits per heavy atom. The highest BCUT2D eigenvalue weighted by Gasteiger charge is 2.37. The molecule has 0 radical (unpaired) electrons. The minimum Gasteiger partial charge on any atom is -0.504 e. The molecule has 142 valence electrons. The van der Waals surface area contributed by atoms with Gasteiger partial charge >= 0.3 is 0 Å². The van der Waals surface area contributed by atoms with E-state index < -0.39 is 0 Å². The van der Waals surface area contributed by atoms with Crippen molar-refractivity contribution in [2.75, 3.05) is 26.7 Å². The van der Waals surface area contributed by atoms with Gasteiger partial charge in [0.15, 0.2) is 18.0 Å². The molecule has 0 unspecified atom stereocenters. The molecule has 4 rings (SSSR count). The van der Waals surface area contributed by atoms with Crippen molar-refractivity contribution in [1.29, 1.82) is 0 Å². The van der Waals surface area contributed by atoms with E-state index in [1.807, 2.05) is 29.6 Å². The van der Waals surface area contributed by atoms with Gasteiger partial charge < -0.3 is 14.7 Å². The van der Waals surface area contributed by atoms with Crippen LogP contribution < -0.4 is 9.64 Å². The van der Waals surface area contributed by atoms with Crippen molar-refractivity contribution in [1.82, 2.24) is 5.01 Å². The molecule has 2 aliphatic heterocycles. The number of nitrogens with zero attached hydrogens (tertiary/aromatic N) is 2. The van der Waals surface area contributed by atoms with Crippen molar-refractivity contribution in [3.8, 4) is 11.5 Å². The van der Waals surface area contributed by atoms with E-state index in [9.17, 15) is 9.90 Å². The molecule has 1 aromatic heterocycles. The molecule has 0 saturated carbocycles. The van der Waals surface area contributed by atoms with Crippen molar-refractivity contribution in [3.05, 3.63) is 46.2 Å². The van der Waals surface area contributed by atoms with Gasteiger partial charge in [0, 0.05) is 24.8 Å². The molecule has 7 heteroatoms. The third-order valence-corrected chi connectivity index (χ3v) is 6.21. The molecule has 0 bridgehead atoms. The highest BCUT2D eigenvalue weighted by Crippen LogP contribution is 2.41. The first-order chi connectivity index (χ1) is 13.2. The minimum atomic E-state index is -0.313. The SMILES string of the molecule is COc1cccc([C@H]2CC(c3cccs3)=NN2C(=O)C[NH+]2CCCC2)c1O. The summed E-state index contributed by atoms with van der Waals surface area (Å²) >= 11 is 1.61. The number of carbonyl (C=O) groups excluding carboxylic acids is 1. The number of carbonyl (C=O) groups is 1. The first kappa shape index (κ1) is 18.0. The van der Waals surface area contributed by atoms with Gasteiger partial charge in [-0.3, -0.25) is 4.79 Å². The van der Waals surface area contributed by atoms with E-state index >= 15 is 0 Å². The maximum absolute atomic E-state index is 13.1. The van der Waals surface area contributed by atoms with Gasteiger partial charge in [0.25, 0.3) is 5.91 Å². The van der Waals surface area contributed by atoms with Crippen LogP contribution in [-0.2, 0) is 4.79 Å². The summed E-state index contributed by atoms with van der Waals surface area (Å²) < 4.78 is 5.25. The number of hydrogen-bond donors (Lipinski definition) is 2. The van der Waals surface area contributed by atoms with Crippen molar-refractivity contribution in [2.24, 2.45) is 5.10 Å². The molecule has 1 atom stereocenters. The summed E-state index contributed by atoms with van der Waals surface area (Å²) in [6.45, 7) is 2.52. The number of aromatic hydroxyl groups is 1. The molecule has 27 heavy (non-hydrogen) atoms. The number of hydrogen-bond acceptors (Lipinski definition) is 5. The molecule has 6 nitrogen and oxygen atoms in total. The highest BCUT2D eigenvalue weighted by atomic mass is 32.1. The molecule has 1 fully saturated rings. The summed E-state index contributed by atoms with van der Waals surface area (Å²) in [5, 5.41) is 18.9. The first-order valence-corrected chi connectivity index (χ1v) is 10.2. The summed E-state index contributed by atoms with van der Waals surface area (Å²) in [6, 6.07) is 9.09. The largest absolute Gasteiger partial charge is 0.504 e. The second-order valence-electron chi connectivity index (χ2n) is 7.01. The lowest BCUT2D eigenvalue weighted by Crippen LogP contribution is -3.11. The van der Waals surface area contributed by atoms with Crippen molar-refractivity contribution in [3.63, 3.8) is 0 Å². The number of methoxy groups -OCH3 is 1. The third kappa shape index (κ3) is 3.57. The fraction of sp³-hybridized carbons (Fsp3) is 0.400. The smallest absolute Gasteiger partial charge is 0.298 e. The molecule has 0 aliphatic carbocycles. The average molecular weight is 386 g/mol. The summed E-state index contributed by atoms with van der Waals surface area (Å²) in [5.74, 6) is 0.499. The lowest BCUT2D eigenvalue weighted by molar-refractivity contribution is -0.879. The number of nitrogens with one attached hydrogen (secondary N) is 1. The molecule has 1 amide bonds. The monoisotopic (exact) mass is 386 g/mol. The maximum atomic E-state index is 13.1. The molecular weight excluding hydrogens is 362 g/mol. The average Bonchev–Trinajstić information content (AvgIpc) is 3.42. The van der Waals surface area contributed by atoms with E-state index in [-0.39, 0.29) is 17.7 Å². The van der Waals surface area contributed by atoms with E-state index in [4.69, 9.17) is 4.74 Å². The summed E-state index contributed by atoms with van der Waals surface area (Å²) in [6.07, 6.45) is 2.93. The van der Waals surface area contributed by atoms with Crippen LogP contribution in [0.4, 0.5) is 0 Å². The van der Waals surface area contributed by atoms with Crippen LogP contribution in [0.5, 0.6) is 11.5 Å². The van der Waals surface area contributed by atoms with Crippen molar-refractivity contribution in [2.45, 2.75) is 25.3 Å². The Morgan fingerprint density at radius 2 is 2.15 bits per heavy atom. The van der Waals surface area contributed by atoms with Gasteiger partial charge in [-0.1, -0.05) is 18.2 Å². The second kappa shape index (κ2) is 7.70. The molecular formula is C20H24N3O3S+. The number of para-hydroxylation sites is 1. The molecule has 1 aromatic carbocycles. The first-order valence-electron chi connectivity index (χ1n) is 9.30. The van der Waals surface area contributed by atoms with Crippen LogP contribution in [0.1, 0.15) is 35.7 Å². The number of ether oxygens (including phenoxy) is 1. The minimum absolute atomic E-state index is 0.00526. The van der Waals surface area contributed by atoms with E-state index in [0.29, 0.717) is 24.3 Å². The molecule has 2 aromatic rings. The zero-order chi connectivity index (χ0) is 18.8. The van der Waals surface area contributed by atoms with Gasteiger partial charge in [0.05, 0.1) is 36.8 Å². The number of thiophene rings is 1. The predicted molar refractivity (Wildman–Crippen MR) is 105 cm³/mol. The molecule has 3 heterocycles. The molecule has 2 aliphatic rings. The number of amides is 1. The Balaban J connectivity index is 1.65. The molecule has 0 spiro atoms. The van der Waals surface area contributed by atoms with E-state index in [0.717, 1.165) is 23.7 Å². The number of phenolic OH excluding ortho intramolecular Hbond substituents is 1. The zero-order valence-electron chi connectivity index (χ0n) is 15.4. The highest BCUT2D eigenvalue weighted by molar-refractivity contribution is 7.12. The summed E-state index contributed by atoms with van der Waals surface area (Å²) in [7, 11) is 1.53. The van der Waals surface area contributed by atoms with Crippen LogP contribution in [0.25, 0.3) is 0 Å². The van der Waals surface area contributed by atoms with Crippen LogP contribution in [0.3, 0.4) is 0 Å². The van der Waals surface area contributed by atoms with Crippen molar-refractivity contribution >= 4 is 23.0 Å². The molecule has 1 saturated heterocycles. The van der Waals surface area contributed by atoms with Gasteiger partial charge in [-0.05, 0) is 17.5 Å². The quantitative estimate of drug-likeness (QED) is 0.824. The van der Waals surface area contributed by atoms with Gasteiger partial charge in [-0.2, -0.15) is 5.10 Å². The van der Waals surface area contributed by atoms with Crippen LogP contribution in [0.15, 0.2) is 40.8 Å². The summed E-state index contributed by atoms with van der Waals surface area (Å²) in [4.78, 5) is 15.4. The Hall–Kier alpha value is -2.38. The van der Waals surface area contributed by atoms with Gasteiger partial charge in [-0.15, -0.1) is 11.3 Å². The topological polar surface area (TPSA) is 66.6 Å². The van der Waals surface area contributed by atoms with E-state index in [1.165, 1.54) is 24.9 Å². The van der Waals surface area contributed by atoms with E-state index in [1.54, 1.807) is 22.4 Å². The number of rotatable bonds is 5. The number of benzene rings is 1. The maximum Gasteiger partial charge on any atom is 0.298 e. The second-order valence-corrected chi connectivity index (χ2v) is 7.96. The number of hydrazone groups is 1. The van der Waals surface area contributed by atoms with E-state index in [2.05, 4.69) is 5.10 Å². The van der Waals surface area contributed by atoms with Crippen LogP contribution in [0.2, 0.25) is 0 Å². The van der Waals surface area contributed by atoms with Crippen LogP contribution in [0, 0.1) is 0 Å².